The number of methoxy groups -OCH3 is 1. The van der Waals surface area contributed by atoms with Gasteiger partial charge in [-0.05, 0) is 24.3 Å². The fourth-order valence-electron chi connectivity index (χ4n) is 2.22. The Hall–Kier alpha value is -2.64. The summed E-state index contributed by atoms with van der Waals surface area (Å²) in [5.74, 6) is 0.548. The number of nitrogens with zero attached hydrogens (tertiary/aromatic N) is 2. The molecule has 7 heteroatoms. The Morgan fingerprint density at radius 1 is 1.04 bits per heavy atom. The van der Waals surface area contributed by atoms with E-state index in [2.05, 4.69) is 5.10 Å². The van der Waals surface area contributed by atoms with Crippen molar-refractivity contribution in [3.63, 3.8) is 0 Å². The zero-order valence-corrected chi connectivity index (χ0v) is 13.2. The molecule has 0 bridgehead atoms. The lowest BCUT2D eigenvalue weighted by Crippen LogP contribution is -2.12. The minimum Gasteiger partial charge on any atom is -0.481 e. The predicted octanol–water partition coefficient (Wildman–Crippen LogP) is 2.20. The highest BCUT2D eigenvalue weighted by Crippen LogP contribution is 2.26. The number of sulfonamides is 1. The van der Waals surface area contributed by atoms with E-state index in [9.17, 15) is 8.42 Å². The van der Waals surface area contributed by atoms with Gasteiger partial charge in [-0.1, -0.05) is 30.3 Å². The molecule has 3 rings (SSSR count). The number of nitrogens with two attached hydrogens (primary N) is 1. The van der Waals surface area contributed by atoms with Crippen LogP contribution in [0.4, 0.5) is 0 Å². The van der Waals surface area contributed by atoms with E-state index in [4.69, 9.17) is 9.88 Å². The zero-order valence-electron chi connectivity index (χ0n) is 12.4. The number of hydrogen-bond donors (Lipinski definition) is 1. The van der Waals surface area contributed by atoms with Gasteiger partial charge in [0.25, 0.3) is 0 Å². The highest BCUT2D eigenvalue weighted by molar-refractivity contribution is 7.89. The molecule has 6 nitrogen and oxygen atoms in total. The molecule has 1 aromatic heterocycles. The maximum absolute atomic E-state index is 11.3. The van der Waals surface area contributed by atoms with Gasteiger partial charge in [-0.3, -0.25) is 0 Å². The van der Waals surface area contributed by atoms with Crippen molar-refractivity contribution in [1.82, 2.24) is 9.78 Å². The predicted molar refractivity (Wildman–Crippen MR) is 86.9 cm³/mol. The molecule has 0 aliphatic rings. The first kappa shape index (κ1) is 15.3. The third kappa shape index (κ3) is 3.10. The molecule has 2 aromatic carbocycles. The second kappa shape index (κ2) is 5.86. The number of benzene rings is 2. The van der Waals surface area contributed by atoms with Crippen molar-refractivity contribution in [2.24, 2.45) is 5.14 Å². The quantitative estimate of drug-likeness (QED) is 0.795. The standard InChI is InChI=1S/C16H15N3O3S/c1-22-16-11-15(12-5-3-2-4-6-12)18-19(16)13-7-9-14(10-8-13)23(17,20)21/h2-11H,1H3,(H2,17,20,21). The molecule has 0 amide bonds. The number of rotatable bonds is 4. The first-order chi connectivity index (χ1) is 11.0. The maximum atomic E-state index is 11.3. The van der Waals surface area contributed by atoms with Crippen LogP contribution in [0.5, 0.6) is 5.88 Å². The first-order valence-electron chi connectivity index (χ1n) is 6.82. The highest BCUT2D eigenvalue weighted by atomic mass is 32.2. The van der Waals surface area contributed by atoms with Crippen LogP contribution < -0.4 is 9.88 Å². The van der Waals surface area contributed by atoms with Crippen LogP contribution in [0, 0.1) is 0 Å². The van der Waals surface area contributed by atoms with Crippen LogP contribution in [0.15, 0.2) is 65.6 Å². The first-order valence-corrected chi connectivity index (χ1v) is 8.36. The zero-order chi connectivity index (χ0) is 16.4. The summed E-state index contributed by atoms with van der Waals surface area (Å²) in [5, 5.41) is 9.63. The van der Waals surface area contributed by atoms with Gasteiger partial charge in [0, 0.05) is 11.6 Å². The molecule has 0 aliphatic carbocycles. The summed E-state index contributed by atoms with van der Waals surface area (Å²) in [4.78, 5) is 0.0515. The average Bonchev–Trinajstić information content (AvgIpc) is 2.99. The van der Waals surface area contributed by atoms with Gasteiger partial charge >= 0.3 is 0 Å². The van der Waals surface area contributed by atoms with Crippen molar-refractivity contribution in [3.8, 4) is 22.8 Å². The molecule has 0 atom stereocenters. The minimum absolute atomic E-state index is 0.0515. The second-order valence-corrected chi connectivity index (χ2v) is 6.45. The van der Waals surface area contributed by atoms with E-state index in [1.54, 1.807) is 23.9 Å². The Labute approximate surface area is 134 Å². The van der Waals surface area contributed by atoms with E-state index in [1.807, 2.05) is 36.4 Å². The summed E-state index contributed by atoms with van der Waals surface area (Å²) in [6.45, 7) is 0. The van der Waals surface area contributed by atoms with Gasteiger partial charge in [-0.25, -0.2) is 18.2 Å². The molecule has 0 spiro atoms. The van der Waals surface area contributed by atoms with Crippen molar-refractivity contribution < 1.29 is 13.2 Å². The minimum atomic E-state index is -3.72. The summed E-state index contributed by atoms with van der Waals surface area (Å²) in [6.07, 6.45) is 0. The molecule has 23 heavy (non-hydrogen) atoms. The normalized spacial score (nSPS) is 11.4. The van der Waals surface area contributed by atoms with E-state index in [1.165, 1.54) is 12.1 Å². The molecule has 0 fully saturated rings. The second-order valence-electron chi connectivity index (χ2n) is 4.89. The van der Waals surface area contributed by atoms with Crippen molar-refractivity contribution in [3.05, 3.63) is 60.7 Å². The van der Waals surface area contributed by atoms with Crippen molar-refractivity contribution in [2.75, 3.05) is 7.11 Å². The third-order valence-electron chi connectivity index (χ3n) is 3.37. The molecule has 118 valence electrons. The highest BCUT2D eigenvalue weighted by Gasteiger charge is 2.13. The van der Waals surface area contributed by atoms with Crippen molar-refractivity contribution in [2.45, 2.75) is 4.90 Å². The molecular formula is C16H15N3O3S. The lowest BCUT2D eigenvalue weighted by Gasteiger charge is -2.06. The van der Waals surface area contributed by atoms with Crippen LogP contribution in [0.25, 0.3) is 16.9 Å². The van der Waals surface area contributed by atoms with Crippen LogP contribution in [0.1, 0.15) is 0 Å². The van der Waals surface area contributed by atoms with Crippen LogP contribution in [0.2, 0.25) is 0 Å². The largest absolute Gasteiger partial charge is 0.481 e. The molecule has 0 aliphatic heterocycles. The number of hydrogen-bond acceptors (Lipinski definition) is 4. The molecule has 0 unspecified atom stereocenters. The van der Waals surface area contributed by atoms with Crippen molar-refractivity contribution >= 4 is 10.0 Å². The lowest BCUT2D eigenvalue weighted by atomic mass is 10.2. The van der Waals surface area contributed by atoms with Crippen LogP contribution in [0.3, 0.4) is 0 Å². The molecule has 0 saturated heterocycles. The Morgan fingerprint density at radius 3 is 2.26 bits per heavy atom. The van der Waals surface area contributed by atoms with E-state index in [0.717, 1.165) is 11.3 Å². The van der Waals surface area contributed by atoms with E-state index in [-0.39, 0.29) is 4.90 Å². The van der Waals surface area contributed by atoms with Gasteiger partial charge in [0.1, 0.15) is 0 Å². The molecule has 1 heterocycles. The van der Waals surface area contributed by atoms with Gasteiger partial charge in [0.15, 0.2) is 0 Å². The summed E-state index contributed by atoms with van der Waals surface area (Å²) in [7, 11) is -2.16. The number of ether oxygens (including phenoxy) is 1. The monoisotopic (exact) mass is 329 g/mol. The molecule has 2 N–H and O–H groups in total. The van der Waals surface area contributed by atoms with Gasteiger partial charge in [-0.15, -0.1) is 0 Å². The summed E-state index contributed by atoms with van der Waals surface area (Å²) in [5.41, 5.74) is 2.40. The fraction of sp³-hybridized carbons (Fsp3) is 0.0625. The van der Waals surface area contributed by atoms with E-state index >= 15 is 0 Å². The molecular weight excluding hydrogens is 314 g/mol. The Kier molecular flexibility index (Phi) is 3.89. The van der Waals surface area contributed by atoms with E-state index in [0.29, 0.717) is 11.6 Å². The van der Waals surface area contributed by atoms with Gasteiger partial charge in [0.2, 0.25) is 15.9 Å². The maximum Gasteiger partial charge on any atom is 0.238 e. The molecule has 3 aromatic rings. The number of aromatic nitrogens is 2. The smallest absolute Gasteiger partial charge is 0.238 e. The van der Waals surface area contributed by atoms with Crippen LogP contribution in [-0.4, -0.2) is 25.3 Å². The van der Waals surface area contributed by atoms with Gasteiger partial charge in [-0.2, -0.15) is 5.10 Å². The third-order valence-corrected chi connectivity index (χ3v) is 4.29. The average molecular weight is 329 g/mol. The summed E-state index contributed by atoms with van der Waals surface area (Å²) >= 11 is 0. The van der Waals surface area contributed by atoms with Gasteiger partial charge in [0.05, 0.1) is 23.4 Å². The Bertz CT molecular complexity index is 917. The Morgan fingerprint density at radius 2 is 1.70 bits per heavy atom. The van der Waals surface area contributed by atoms with Crippen molar-refractivity contribution in [1.29, 1.82) is 0 Å². The van der Waals surface area contributed by atoms with E-state index < -0.39 is 10.0 Å². The van der Waals surface area contributed by atoms with Crippen LogP contribution in [-0.2, 0) is 10.0 Å². The summed E-state index contributed by atoms with van der Waals surface area (Å²) in [6, 6.07) is 17.7. The topological polar surface area (TPSA) is 87.2 Å². The number of primary sulfonamides is 1. The Balaban J connectivity index is 2.04. The summed E-state index contributed by atoms with van der Waals surface area (Å²) < 4.78 is 29.6. The molecule has 0 saturated carbocycles. The SMILES string of the molecule is COc1cc(-c2ccccc2)nn1-c1ccc(S(N)(=O)=O)cc1. The lowest BCUT2D eigenvalue weighted by molar-refractivity contribution is 0.383. The van der Waals surface area contributed by atoms with Crippen LogP contribution >= 0.6 is 0 Å². The molecule has 0 radical (unpaired) electrons. The fourth-order valence-corrected chi connectivity index (χ4v) is 2.74. The van der Waals surface area contributed by atoms with Gasteiger partial charge < -0.3 is 4.74 Å².